The zero-order valence-corrected chi connectivity index (χ0v) is 17.7. The zero-order valence-electron chi connectivity index (χ0n) is 17.7. The molecule has 5 nitrogen and oxygen atoms in total. The minimum atomic E-state index is -0.616. The maximum Gasteiger partial charge on any atom is 0.161 e. The Bertz CT molecular complexity index is 736. The van der Waals surface area contributed by atoms with E-state index in [0.717, 1.165) is 11.1 Å². The molecule has 2 aromatic rings. The zero-order chi connectivity index (χ0) is 21.2. The van der Waals surface area contributed by atoms with Gasteiger partial charge >= 0.3 is 0 Å². The van der Waals surface area contributed by atoms with Gasteiger partial charge < -0.3 is 19.3 Å². The lowest BCUT2D eigenvalue weighted by Gasteiger charge is -2.26. The van der Waals surface area contributed by atoms with Crippen molar-refractivity contribution in [3.8, 4) is 11.5 Å². The molecule has 0 saturated heterocycles. The molecular formula is C23H32FNO4. The third kappa shape index (κ3) is 8.01. The molecular weight excluding hydrogens is 373 g/mol. The van der Waals surface area contributed by atoms with E-state index >= 15 is 0 Å². The van der Waals surface area contributed by atoms with Crippen LogP contribution in [0.25, 0.3) is 0 Å². The number of methoxy groups -OCH3 is 2. The van der Waals surface area contributed by atoms with Gasteiger partial charge in [-0.1, -0.05) is 32.0 Å². The second-order valence-corrected chi connectivity index (χ2v) is 7.57. The van der Waals surface area contributed by atoms with Crippen molar-refractivity contribution >= 4 is 0 Å². The summed E-state index contributed by atoms with van der Waals surface area (Å²) in [4.78, 5) is 2.11. The minimum Gasteiger partial charge on any atom is -0.493 e. The number of hydrogen-bond acceptors (Lipinski definition) is 5. The van der Waals surface area contributed by atoms with Crippen molar-refractivity contribution < 1.29 is 23.7 Å². The van der Waals surface area contributed by atoms with Gasteiger partial charge in [0.1, 0.15) is 5.82 Å². The van der Waals surface area contributed by atoms with E-state index in [4.69, 9.17) is 14.2 Å². The first-order chi connectivity index (χ1) is 13.9. The number of ether oxygens (including phenoxy) is 3. The molecule has 0 amide bonds. The summed E-state index contributed by atoms with van der Waals surface area (Å²) in [6, 6.07) is 12.2. The summed E-state index contributed by atoms with van der Waals surface area (Å²) in [6.07, 6.45) is -0.616. The minimum absolute atomic E-state index is 0.262. The van der Waals surface area contributed by atoms with Gasteiger partial charge in [-0.2, -0.15) is 0 Å². The summed E-state index contributed by atoms with van der Waals surface area (Å²) >= 11 is 0. The summed E-state index contributed by atoms with van der Waals surface area (Å²) in [5, 5.41) is 10.4. The second kappa shape index (κ2) is 11.8. The molecule has 0 aliphatic carbocycles. The van der Waals surface area contributed by atoms with Crippen LogP contribution >= 0.6 is 0 Å². The third-order valence-electron chi connectivity index (χ3n) is 4.40. The average Bonchev–Trinajstić information content (AvgIpc) is 2.69. The Kier molecular flexibility index (Phi) is 9.38. The maximum atomic E-state index is 13.2. The molecule has 1 N–H and O–H groups in total. The lowest BCUT2D eigenvalue weighted by atomic mass is 10.1. The topological polar surface area (TPSA) is 51.2 Å². The number of benzene rings is 2. The predicted molar refractivity (Wildman–Crippen MR) is 112 cm³/mol. The first-order valence-corrected chi connectivity index (χ1v) is 9.84. The van der Waals surface area contributed by atoms with Crippen molar-refractivity contribution in [2.45, 2.75) is 33.0 Å². The molecule has 0 saturated carbocycles. The number of aliphatic hydroxyl groups excluding tert-OH is 1. The average molecular weight is 406 g/mol. The summed E-state index contributed by atoms with van der Waals surface area (Å²) in [5.74, 6) is 1.49. The highest BCUT2D eigenvalue weighted by Gasteiger charge is 2.15. The van der Waals surface area contributed by atoms with Gasteiger partial charge in [-0.05, 0) is 41.3 Å². The summed E-state index contributed by atoms with van der Waals surface area (Å²) in [7, 11) is 3.21. The highest BCUT2D eigenvalue weighted by molar-refractivity contribution is 5.42. The molecule has 0 fully saturated rings. The SMILES string of the molecule is COc1ccc(CN(Cc2ccc(F)cc2)C[C@H](O)COCC(C)C)cc1OC. The monoisotopic (exact) mass is 405 g/mol. The van der Waals surface area contributed by atoms with Crippen molar-refractivity contribution in [3.05, 3.63) is 59.4 Å². The van der Waals surface area contributed by atoms with E-state index in [0.29, 0.717) is 43.7 Å². The number of halogens is 1. The lowest BCUT2D eigenvalue weighted by molar-refractivity contribution is 0.00553. The normalized spacial score (nSPS) is 12.4. The van der Waals surface area contributed by atoms with Crippen LogP contribution in [0.2, 0.25) is 0 Å². The Morgan fingerprint density at radius 3 is 2.14 bits per heavy atom. The Morgan fingerprint density at radius 1 is 0.897 bits per heavy atom. The fraction of sp³-hybridized carbons (Fsp3) is 0.478. The summed E-state index contributed by atoms with van der Waals surface area (Å²) < 4.78 is 29.5. The summed E-state index contributed by atoms with van der Waals surface area (Å²) in [6.45, 7) is 6.65. The smallest absolute Gasteiger partial charge is 0.161 e. The van der Waals surface area contributed by atoms with Gasteiger partial charge in [0.15, 0.2) is 11.5 Å². The molecule has 160 valence electrons. The quantitative estimate of drug-likeness (QED) is 0.581. The molecule has 2 aromatic carbocycles. The Labute approximate surface area is 173 Å². The molecule has 1 atom stereocenters. The van der Waals surface area contributed by atoms with Gasteiger partial charge in [0.05, 0.1) is 26.9 Å². The van der Waals surface area contributed by atoms with Gasteiger partial charge in [0, 0.05) is 26.2 Å². The molecule has 2 rings (SSSR count). The molecule has 0 spiro atoms. The van der Waals surface area contributed by atoms with E-state index in [1.807, 2.05) is 18.2 Å². The fourth-order valence-corrected chi connectivity index (χ4v) is 3.06. The van der Waals surface area contributed by atoms with Crippen molar-refractivity contribution in [2.24, 2.45) is 5.92 Å². The van der Waals surface area contributed by atoms with E-state index in [9.17, 15) is 9.50 Å². The predicted octanol–water partition coefficient (Wildman–Crippen LogP) is 3.88. The van der Waals surface area contributed by atoms with Crippen LogP contribution in [0.15, 0.2) is 42.5 Å². The number of rotatable bonds is 12. The number of hydrogen-bond donors (Lipinski definition) is 1. The van der Waals surface area contributed by atoms with Crippen LogP contribution in [-0.2, 0) is 17.8 Å². The van der Waals surface area contributed by atoms with Crippen molar-refractivity contribution in [1.29, 1.82) is 0 Å². The molecule has 0 aromatic heterocycles. The van der Waals surface area contributed by atoms with Crippen LogP contribution in [0.3, 0.4) is 0 Å². The molecule has 6 heteroatoms. The van der Waals surface area contributed by atoms with E-state index in [1.165, 1.54) is 12.1 Å². The van der Waals surface area contributed by atoms with Gasteiger partial charge in [-0.3, -0.25) is 4.90 Å². The highest BCUT2D eigenvalue weighted by Crippen LogP contribution is 2.28. The Hall–Kier alpha value is -2.15. The molecule has 0 unspecified atom stereocenters. The van der Waals surface area contributed by atoms with Crippen LogP contribution in [-0.4, -0.2) is 50.1 Å². The Morgan fingerprint density at radius 2 is 1.52 bits per heavy atom. The van der Waals surface area contributed by atoms with Crippen LogP contribution < -0.4 is 9.47 Å². The maximum absolute atomic E-state index is 13.2. The number of aliphatic hydroxyl groups is 1. The fourth-order valence-electron chi connectivity index (χ4n) is 3.06. The molecule has 0 radical (unpaired) electrons. The van der Waals surface area contributed by atoms with Gasteiger partial charge in [-0.15, -0.1) is 0 Å². The van der Waals surface area contributed by atoms with Crippen LogP contribution in [0, 0.1) is 11.7 Å². The largest absolute Gasteiger partial charge is 0.493 e. The van der Waals surface area contributed by atoms with Crippen molar-refractivity contribution in [1.82, 2.24) is 4.90 Å². The standard InChI is InChI=1S/C23H32FNO4/c1-17(2)15-29-16-21(26)14-25(12-18-5-8-20(24)9-6-18)13-19-7-10-22(27-3)23(11-19)28-4/h5-11,17,21,26H,12-16H2,1-4H3/t21-/m0/s1. The van der Waals surface area contributed by atoms with Crippen LogP contribution in [0.4, 0.5) is 4.39 Å². The number of nitrogens with zero attached hydrogens (tertiary/aromatic N) is 1. The van der Waals surface area contributed by atoms with Gasteiger partial charge in [-0.25, -0.2) is 4.39 Å². The van der Waals surface area contributed by atoms with E-state index in [1.54, 1.807) is 26.4 Å². The van der Waals surface area contributed by atoms with Crippen LogP contribution in [0.1, 0.15) is 25.0 Å². The van der Waals surface area contributed by atoms with Crippen LogP contribution in [0.5, 0.6) is 11.5 Å². The molecule has 29 heavy (non-hydrogen) atoms. The van der Waals surface area contributed by atoms with Gasteiger partial charge in [0.2, 0.25) is 0 Å². The summed E-state index contributed by atoms with van der Waals surface area (Å²) in [5.41, 5.74) is 2.00. The Balaban J connectivity index is 2.09. The van der Waals surface area contributed by atoms with E-state index in [-0.39, 0.29) is 12.4 Å². The molecule has 0 aliphatic heterocycles. The van der Waals surface area contributed by atoms with Crippen molar-refractivity contribution in [3.63, 3.8) is 0 Å². The molecule has 0 aliphatic rings. The molecule has 0 heterocycles. The first-order valence-electron chi connectivity index (χ1n) is 9.84. The lowest BCUT2D eigenvalue weighted by Crippen LogP contribution is -2.34. The third-order valence-corrected chi connectivity index (χ3v) is 4.40. The van der Waals surface area contributed by atoms with Crippen molar-refractivity contribution in [2.75, 3.05) is 34.0 Å². The first kappa shape index (κ1) is 23.1. The van der Waals surface area contributed by atoms with E-state index < -0.39 is 6.10 Å². The molecule has 0 bridgehead atoms. The van der Waals surface area contributed by atoms with Gasteiger partial charge in [0.25, 0.3) is 0 Å². The van der Waals surface area contributed by atoms with E-state index in [2.05, 4.69) is 18.7 Å². The highest BCUT2D eigenvalue weighted by atomic mass is 19.1. The second-order valence-electron chi connectivity index (χ2n) is 7.57.